The number of aliphatic imine (C=N–C) groups is 1. The first-order valence-corrected chi connectivity index (χ1v) is 5.37. The minimum Gasteiger partial charge on any atom is -0.366 e. The highest BCUT2D eigenvalue weighted by atomic mass is 16.2. The van der Waals surface area contributed by atoms with Crippen molar-refractivity contribution >= 4 is 17.6 Å². The highest BCUT2D eigenvalue weighted by Crippen LogP contribution is 2.01. The van der Waals surface area contributed by atoms with Crippen LogP contribution in [0.25, 0.3) is 0 Å². The summed E-state index contributed by atoms with van der Waals surface area (Å²) in [7, 11) is 0. The molecule has 1 aliphatic heterocycles. The van der Waals surface area contributed by atoms with Crippen molar-refractivity contribution in [3.63, 3.8) is 0 Å². The SMILES string of the molecule is O=C(Nc1ccccn1)C1=NCCCCN1. The molecule has 1 aliphatic rings. The van der Waals surface area contributed by atoms with Crippen LogP contribution in [0.1, 0.15) is 12.8 Å². The van der Waals surface area contributed by atoms with Gasteiger partial charge in [0.2, 0.25) is 0 Å². The van der Waals surface area contributed by atoms with E-state index in [9.17, 15) is 4.79 Å². The number of carbonyl (C=O) groups excluding carboxylic acids is 1. The summed E-state index contributed by atoms with van der Waals surface area (Å²) >= 11 is 0. The van der Waals surface area contributed by atoms with Crippen molar-refractivity contribution in [2.75, 3.05) is 18.4 Å². The van der Waals surface area contributed by atoms with Gasteiger partial charge in [-0.3, -0.25) is 9.79 Å². The fourth-order valence-electron chi connectivity index (χ4n) is 1.45. The van der Waals surface area contributed by atoms with Crippen LogP contribution in [0, 0.1) is 0 Å². The second kappa shape index (κ2) is 5.25. The van der Waals surface area contributed by atoms with Gasteiger partial charge in [-0.15, -0.1) is 0 Å². The summed E-state index contributed by atoms with van der Waals surface area (Å²) in [4.78, 5) is 20.0. The summed E-state index contributed by atoms with van der Waals surface area (Å²) in [5.74, 6) is 0.727. The van der Waals surface area contributed by atoms with Crippen molar-refractivity contribution in [2.24, 2.45) is 4.99 Å². The molecule has 1 aromatic heterocycles. The largest absolute Gasteiger partial charge is 0.366 e. The lowest BCUT2D eigenvalue weighted by atomic mass is 10.3. The number of nitrogens with one attached hydrogen (secondary N) is 2. The van der Waals surface area contributed by atoms with Crippen LogP contribution in [0.2, 0.25) is 0 Å². The Hall–Kier alpha value is -1.91. The fourth-order valence-corrected chi connectivity index (χ4v) is 1.45. The molecule has 0 unspecified atom stereocenters. The molecule has 1 aromatic rings. The van der Waals surface area contributed by atoms with E-state index >= 15 is 0 Å². The Morgan fingerprint density at radius 2 is 2.31 bits per heavy atom. The zero-order valence-electron chi connectivity index (χ0n) is 8.94. The third-order valence-electron chi connectivity index (χ3n) is 2.27. The zero-order valence-corrected chi connectivity index (χ0v) is 8.94. The summed E-state index contributed by atoms with van der Waals surface area (Å²) in [5, 5.41) is 5.71. The molecule has 0 atom stereocenters. The molecule has 0 aromatic carbocycles. The van der Waals surface area contributed by atoms with Crippen LogP contribution < -0.4 is 10.6 Å². The van der Waals surface area contributed by atoms with E-state index in [0.29, 0.717) is 18.2 Å². The summed E-state index contributed by atoms with van der Waals surface area (Å²) in [5.41, 5.74) is 0. The van der Waals surface area contributed by atoms with Crippen LogP contribution in [0.4, 0.5) is 5.82 Å². The Bertz CT molecular complexity index is 388. The highest BCUT2D eigenvalue weighted by molar-refractivity contribution is 6.42. The van der Waals surface area contributed by atoms with Crippen molar-refractivity contribution in [2.45, 2.75) is 12.8 Å². The van der Waals surface area contributed by atoms with Gasteiger partial charge in [0.05, 0.1) is 0 Å². The topological polar surface area (TPSA) is 66.4 Å². The van der Waals surface area contributed by atoms with Crippen molar-refractivity contribution < 1.29 is 4.79 Å². The number of rotatable bonds is 2. The molecule has 0 radical (unpaired) electrons. The molecule has 16 heavy (non-hydrogen) atoms. The van der Waals surface area contributed by atoms with Crippen molar-refractivity contribution in [1.29, 1.82) is 0 Å². The van der Waals surface area contributed by atoms with Crippen LogP contribution in [0.5, 0.6) is 0 Å². The first kappa shape index (κ1) is 10.6. The normalized spacial score (nSPS) is 15.6. The molecule has 0 saturated heterocycles. The molecule has 0 fully saturated rings. The Kier molecular flexibility index (Phi) is 3.48. The third-order valence-corrected chi connectivity index (χ3v) is 2.27. The number of hydrogen-bond acceptors (Lipinski definition) is 4. The van der Waals surface area contributed by atoms with Gasteiger partial charge in [0.25, 0.3) is 5.91 Å². The molecule has 5 heteroatoms. The molecule has 2 heterocycles. The maximum absolute atomic E-state index is 11.8. The first-order chi connectivity index (χ1) is 7.86. The lowest BCUT2D eigenvalue weighted by molar-refractivity contribution is -0.110. The molecule has 0 bridgehead atoms. The maximum Gasteiger partial charge on any atom is 0.291 e. The van der Waals surface area contributed by atoms with Crippen LogP contribution in [0.3, 0.4) is 0 Å². The second-order valence-electron chi connectivity index (χ2n) is 3.53. The minimum absolute atomic E-state index is 0.222. The summed E-state index contributed by atoms with van der Waals surface area (Å²) in [6.07, 6.45) is 3.70. The minimum atomic E-state index is -0.222. The quantitative estimate of drug-likeness (QED) is 0.771. The molecule has 0 saturated carbocycles. The molecule has 2 N–H and O–H groups in total. The van der Waals surface area contributed by atoms with Crippen molar-refractivity contribution in [3.05, 3.63) is 24.4 Å². The number of carbonyl (C=O) groups is 1. The fraction of sp³-hybridized carbons (Fsp3) is 0.364. The van der Waals surface area contributed by atoms with Gasteiger partial charge in [-0.25, -0.2) is 4.98 Å². The van der Waals surface area contributed by atoms with Crippen LogP contribution in [0.15, 0.2) is 29.4 Å². The molecule has 5 nitrogen and oxygen atoms in total. The summed E-state index contributed by atoms with van der Waals surface area (Å²) < 4.78 is 0. The van der Waals surface area contributed by atoms with E-state index < -0.39 is 0 Å². The number of amidine groups is 1. The van der Waals surface area contributed by atoms with E-state index in [1.807, 2.05) is 6.07 Å². The van der Waals surface area contributed by atoms with Gasteiger partial charge in [-0.1, -0.05) is 6.07 Å². The number of aromatic nitrogens is 1. The summed E-state index contributed by atoms with van der Waals surface area (Å²) in [6, 6.07) is 5.37. The first-order valence-electron chi connectivity index (χ1n) is 5.37. The van der Waals surface area contributed by atoms with Gasteiger partial charge in [0.15, 0.2) is 5.84 Å². The number of nitrogens with zero attached hydrogens (tertiary/aromatic N) is 2. The highest BCUT2D eigenvalue weighted by Gasteiger charge is 2.12. The van der Waals surface area contributed by atoms with E-state index in [2.05, 4.69) is 20.6 Å². The van der Waals surface area contributed by atoms with Gasteiger partial charge in [0, 0.05) is 19.3 Å². The molecule has 84 valence electrons. The number of pyridine rings is 1. The molecule has 1 amide bonds. The number of hydrogen-bond donors (Lipinski definition) is 2. The van der Waals surface area contributed by atoms with Gasteiger partial charge in [-0.2, -0.15) is 0 Å². The Balaban J connectivity index is 2.00. The predicted molar refractivity (Wildman–Crippen MR) is 62.4 cm³/mol. The standard InChI is InChI=1S/C11H14N4O/c16-11(10-13-7-3-4-8-14-10)15-9-5-1-2-6-12-9/h1-2,5-6H,3-4,7-8H2,(H,13,14)(H,12,15,16). The van der Waals surface area contributed by atoms with E-state index in [-0.39, 0.29) is 5.91 Å². The molecule has 0 spiro atoms. The van der Waals surface area contributed by atoms with E-state index in [0.717, 1.165) is 19.4 Å². The second-order valence-corrected chi connectivity index (χ2v) is 3.53. The predicted octanol–water partition coefficient (Wildman–Crippen LogP) is 0.802. The molecule has 0 aliphatic carbocycles. The lowest BCUT2D eigenvalue weighted by Gasteiger charge is -2.07. The third kappa shape index (κ3) is 2.79. The monoisotopic (exact) mass is 218 g/mol. The Labute approximate surface area is 94.0 Å². The van der Waals surface area contributed by atoms with E-state index in [1.54, 1.807) is 18.3 Å². The van der Waals surface area contributed by atoms with Crippen LogP contribution in [-0.2, 0) is 4.79 Å². The van der Waals surface area contributed by atoms with Crippen LogP contribution in [-0.4, -0.2) is 29.8 Å². The summed E-state index contributed by atoms with van der Waals surface area (Å²) in [6.45, 7) is 1.51. The number of amides is 1. The van der Waals surface area contributed by atoms with Gasteiger partial charge in [0.1, 0.15) is 5.82 Å². The molecular weight excluding hydrogens is 204 g/mol. The van der Waals surface area contributed by atoms with Gasteiger partial charge >= 0.3 is 0 Å². The average molecular weight is 218 g/mol. The van der Waals surface area contributed by atoms with Crippen molar-refractivity contribution in [3.8, 4) is 0 Å². The van der Waals surface area contributed by atoms with Crippen LogP contribution >= 0.6 is 0 Å². The van der Waals surface area contributed by atoms with Gasteiger partial charge < -0.3 is 10.6 Å². The smallest absolute Gasteiger partial charge is 0.291 e. The van der Waals surface area contributed by atoms with E-state index in [4.69, 9.17) is 0 Å². The van der Waals surface area contributed by atoms with Gasteiger partial charge in [-0.05, 0) is 25.0 Å². The lowest BCUT2D eigenvalue weighted by Crippen LogP contribution is -2.35. The Morgan fingerprint density at radius 1 is 1.38 bits per heavy atom. The number of anilines is 1. The molecule has 2 rings (SSSR count). The van der Waals surface area contributed by atoms with Crippen molar-refractivity contribution in [1.82, 2.24) is 10.3 Å². The average Bonchev–Trinajstić information content (AvgIpc) is 2.59. The van der Waals surface area contributed by atoms with E-state index in [1.165, 1.54) is 0 Å². The maximum atomic E-state index is 11.8. The Morgan fingerprint density at radius 3 is 3.12 bits per heavy atom. The zero-order chi connectivity index (χ0) is 11.2. The molecular formula is C11H14N4O.